The largest absolute Gasteiger partial charge is 0.394 e. The van der Waals surface area contributed by atoms with Gasteiger partial charge in [-0.2, -0.15) is 0 Å². The molecule has 4 fully saturated rings. The maximum atomic E-state index is 13.6. The van der Waals surface area contributed by atoms with E-state index in [-0.39, 0.29) is 25.2 Å². The van der Waals surface area contributed by atoms with Crippen molar-refractivity contribution in [2.75, 3.05) is 13.2 Å². The molecular weight excluding hydrogens is 714 g/mol. The van der Waals surface area contributed by atoms with Crippen molar-refractivity contribution in [1.82, 2.24) is 5.32 Å². The van der Waals surface area contributed by atoms with E-state index in [1.807, 2.05) is 0 Å². The Bertz CT molecular complexity index is 1380. The predicted octanol–water partition coefficient (Wildman–Crippen LogP) is -7.63. The van der Waals surface area contributed by atoms with Gasteiger partial charge in [-0.25, -0.2) is 0 Å². The lowest BCUT2D eigenvalue weighted by Crippen LogP contribution is -2.68. The second kappa shape index (κ2) is 17.4. The Labute approximate surface area is 301 Å². The number of nitrogens with one attached hydrogen (secondary N) is 1. The highest BCUT2D eigenvalue weighted by Crippen LogP contribution is 2.34. The number of aliphatic hydroxyl groups is 7. The molecule has 1 saturated carbocycles. The van der Waals surface area contributed by atoms with E-state index in [0.29, 0.717) is 5.56 Å². The second-order valence-electron chi connectivity index (χ2n) is 13.5. The third-order valence-electron chi connectivity index (χ3n) is 9.92. The molecule has 1 aliphatic carbocycles. The predicted molar refractivity (Wildman–Crippen MR) is 174 cm³/mol. The first-order chi connectivity index (χ1) is 25.1. The maximum Gasteiger partial charge on any atom is 0.269 e. The molecule has 18 N–H and O–H groups in total. The average molecular weight is 764 g/mol. The number of hydrogen-bond donors (Lipinski definition) is 13. The molecule has 3 saturated heterocycles. The highest BCUT2D eigenvalue weighted by Gasteiger charge is 2.56. The first kappa shape index (κ1) is 41.5. The summed E-state index contributed by atoms with van der Waals surface area (Å²) >= 11 is 0. The number of aliphatic hydroxyl groups excluding tert-OH is 7. The van der Waals surface area contributed by atoms with Gasteiger partial charge in [0.2, 0.25) is 0 Å². The highest BCUT2D eigenvalue weighted by molar-refractivity contribution is 5.82. The van der Waals surface area contributed by atoms with E-state index in [1.54, 1.807) is 0 Å². The summed E-state index contributed by atoms with van der Waals surface area (Å²) in [5.74, 6) is -0.867. The number of nitrogens with zero attached hydrogens (tertiary/aromatic N) is 1. The van der Waals surface area contributed by atoms with Crippen molar-refractivity contribution in [3.8, 4) is 0 Å². The van der Waals surface area contributed by atoms with Crippen molar-refractivity contribution in [3.63, 3.8) is 0 Å². The molecule has 3 heterocycles. The number of nitrogens with two attached hydrogens (primary N) is 5. The van der Waals surface area contributed by atoms with Gasteiger partial charge in [-0.05, 0) is 12.0 Å². The number of nitro benzene ring substituents is 1. The summed E-state index contributed by atoms with van der Waals surface area (Å²) in [5, 5.41) is 87.5. The quantitative estimate of drug-likeness (QED) is 0.0694. The lowest BCUT2D eigenvalue weighted by atomic mass is 9.84. The molecule has 4 aliphatic rings. The van der Waals surface area contributed by atoms with Crippen LogP contribution < -0.4 is 34.0 Å². The lowest BCUT2D eigenvalue weighted by Gasteiger charge is -2.47. The molecule has 300 valence electrons. The SMILES string of the molecule is NC[C@@H]1O[C@H](O[C@H]2[C@@H](O)[C@H](O[C@@H]3[C@@H](O)[C@H](N)C[C@H](N)[C@H]3O[C@H]3O[C@H](CO)[C@@H](O)[C@H](O)[C@H]3N)O[C@@H]2C(=O)NCc2ccc([N+](=O)[O-])cc2)[C@H](N)[C@@H](O)[C@@H]1O. The van der Waals surface area contributed by atoms with Gasteiger partial charge in [0.1, 0.15) is 61.0 Å². The third kappa shape index (κ3) is 8.77. The van der Waals surface area contributed by atoms with E-state index < -0.39 is 134 Å². The minimum Gasteiger partial charge on any atom is -0.394 e. The number of ether oxygens (including phenoxy) is 6. The number of amides is 1. The topological polar surface area (TPSA) is 399 Å². The maximum absolute atomic E-state index is 13.6. The second-order valence-corrected chi connectivity index (χ2v) is 13.5. The number of hydrogen-bond acceptors (Lipinski definition) is 21. The fourth-order valence-corrected chi connectivity index (χ4v) is 6.70. The summed E-state index contributed by atoms with van der Waals surface area (Å²) in [4.78, 5) is 24.1. The van der Waals surface area contributed by atoms with Gasteiger partial charge >= 0.3 is 0 Å². The number of carbonyl (C=O) groups is 1. The molecule has 0 aromatic heterocycles. The minimum atomic E-state index is -1.85. The minimum absolute atomic E-state index is 0.0108. The molecule has 0 bridgehead atoms. The first-order valence-electron chi connectivity index (χ1n) is 16.9. The van der Waals surface area contributed by atoms with Gasteiger partial charge in [0, 0.05) is 37.3 Å². The standard InChI is InChI=1S/C30H49N7O16/c31-6-13-18(40)20(42)15(34)28(48-13)51-25-22(44)30(53-26(25)27(45)36-7-9-1-3-10(4-2-9)37(46)47)52-24-17(39)11(32)5-12(33)23(24)50-29-16(35)21(43)19(41)14(8-38)49-29/h1-4,11-26,28-30,38-44H,5-8,31-35H2,(H,36,45)/t11-,12+,13+,14-,15-,16-,17+,18-,19-,20-,21-,22-,23-,24-,25+,26+,28-,29-,30-/m1/s1. The summed E-state index contributed by atoms with van der Waals surface area (Å²) < 4.78 is 35.1. The van der Waals surface area contributed by atoms with Crippen LogP contribution in [0.25, 0.3) is 0 Å². The van der Waals surface area contributed by atoms with Crippen molar-refractivity contribution < 1.29 is 73.9 Å². The van der Waals surface area contributed by atoms with Gasteiger partial charge in [0.25, 0.3) is 11.6 Å². The van der Waals surface area contributed by atoms with Crippen LogP contribution in [0.4, 0.5) is 5.69 Å². The fraction of sp³-hybridized carbons (Fsp3) is 0.767. The van der Waals surface area contributed by atoms with E-state index in [9.17, 15) is 50.7 Å². The van der Waals surface area contributed by atoms with E-state index in [4.69, 9.17) is 57.1 Å². The lowest BCUT2D eigenvalue weighted by molar-refractivity contribution is -0.384. The van der Waals surface area contributed by atoms with Crippen molar-refractivity contribution in [2.45, 2.75) is 129 Å². The molecule has 19 atom stereocenters. The molecule has 3 aliphatic heterocycles. The molecule has 23 heteroatoms. The van der Waals surface area contributed by atoms with Crippen LogP contribution in [0.2, 0.25) is 0 Å². The van der Waals surface area contributed by atoms with Crippen LogP contribution in [0.3, 0.4) is 0 Å². The molecular formula is C30H49N7O16. The Balaban J connectivity index is 1.38. The zero-order valence-electron chi connectivity index (χ0n) is 28.2. The van der Waals surface area contributed by atoms with Crippen molar-refractivity contribution in [1.29, 1.82) is 0 Å². The third-order valence-corrected chi connectivity index (χ3v) is 9.92. The Morgan fingerprint density at radius 2 is 1.30 bits per heavy atom. The Hall–Kier alpha value is -2.63. The molecule has 1 amide bonds. The summed E-state index contributed by atoms with van der Waals surface area (Å²) in [6.07, 6.45) is -23.0. The van der Waals surface area contributed by atoms with E-state index in [1.165, 1.54) is 24.3 Å². The molecule has 1 aromatic rings. The zero-order valence-corrected chi connectivity index (χ0v) is 28.2. The molecule has 53 heavy (non-hydrogen) atoms. The number of benzene rings is 1. The number of rotatable bonds is 12. The van der Waals surface area contributed by atoms with Crippen LogP contribution >= 0.6 is 0 Å². The zero-order chi connectivity index (χ0) is 38.9. The molecule has 0 unspecified atom stereocenters. The Morgan fingerprint density at radius 3 is 1.87 bits per heavy atom. The van der Waals surface area contributed by atoms with Crippen molar-refractivity contribution in [2.24, 2.45) is 28.7 Å². The molecule has 0 spiro atoms. The number of carbonyl (C=O) groups excluding carboxylic acids is 1. The van der Waals surface area contributed by atoms with Crippen LogP contribution in [0.15, 0.2) is 24.3 Å². The van der Waals surface area contributed by atoms with E-state index >= 15 is 0 Å². The number of nitro groups is 1. The molecule has 5 rings (SSSR count). The monoisotopic (exact) mass is 763 g/mol. The first-order valence-corrected chi connectivity index (χ1v) is 16.9. The highest BCUT2D eigenvalue weighted by atomic mass is 16.8. The summed E-state index contributed by atoms with van der Waals surface area (Å²) in [6, 6.07) is 0.593. The molecule has 0 radical (unpaired) electrons. The van der Waals surface area contributed by atoms with Crippen LogP contribution in [0.1, 0.15) is 12.0 Å². The van der Waals surface area contributed by atoms with Crippen LogP contribution in [-0.2, 0) is 39.8 Å². The van der Waals surface area contributed by atoms with Gasteiger partial charge in [-0.15, -0.1) is 0 Å². The molecule has 1 aromatic carbocycles. The van der Waals surface area contributed by atoms with Crippen LogP contribution in [0, 0.1) is 10.1 Å². The van der Waals surface area contributed by atoms with Gasteiger partial charge in [-0.3, -0.25) is 14.9 Å². The summed E-state index contributed by atoms with van der Waals surface area (Å²) in [5.41, 5.74) is 30.6. The van der Waals surface area contributed by atoms with Gasteiger partial charge in [0.15, 0.2) is 25.0 Å². The van der Waals surface area contributed by atoms with Gasteiger partial charge in [0.05, 0.1) is 29.7 Å². The van der Waals surface area contributed by atoms with Gasteiger partial charge in [-0.1, -0.05) is 12.1 Å². The normalized spacial score (nSPS) is 44.8. The van der Waals surface area contributed by atoms with Crippen molar-refractivity contribution >= 4 is 11.6 Å². The van der Waals surface area contributed by atoms with E-state index in [2.05, 4.69) is 5.32 Å². The van der Waals surface area contributed by atoms with Gasteiger partial charge < -0.3 is 98.2 Å². The van der Waals surface area contributed by atoms with Crippen LogP contribution in [-0.4, -0.2) is 176 Å². The summed E-state index contributed by atoms with van der Waals surface area (Å²) in [6.45, 7) is -1.12. The van der Waals surface area contributed by atoms with Crippen LogP contribution in [0.5, 0.6) is 0 Å². The van der Waals surface area contributed by atoms with E-state index in [0.717, 1.165) is 0 Å². The average Bonchev–Trinajstić information content (AvgIpc) is 3.44. The summed E-state index contributed by atoms with van der Waals surface area (Å²) in [7, 11) is 0. The molecule has 23 nitrogen and oxygen atoms in total. The number of non-ortho nitro benzene ring substituents is 1. The Kier molecular flexibility index (Phi) is 13.7. The van der Waals surface area contributed by atoms with Crippen molar-refractivity contribution in [3.05, 3.63) is 39.9 Å². The Morgan fingerprint density at radius 1 is 0.755 bits per heavy atom. The smallest absolute Gasteiger partial charge is 0.269 e. The fourth-order valence-electron chi connectivity index (χ4n) is 6.70.